The largest absolute Gasteiger partial charge is 0.496 e. The molecule has 0 spiro atoms. The van der Waals surface area contributed by atoms with E-state index in [1.165, 1.54) is 5.69 Å². The first kappa shape index (κ1) is 25.4. The Morgan fingerprint density at radius 3 is 2.33 bits per heavy atom. The third kappa shape index (κ3) is 6.12. The molecule has 1 saturated heterocycles. The molecular weight excluding hydrogens is 452 g/mol. The lowest BCUT2D eigenvalue weighted by Crippen LogP contribution is -2.46. The second-order valence-electron chi connectivity index (χ2n) is 9.05. The topological polar surface area (TPSA) is 82.6 Å². The van der Waals surface area contributed by atoms with Crippen LogP contribution in [0.15, 0.2) is 48.8 Å². The van der Waals surface area contributed by atoms with Gasteiger partial charge in [-0.3, -0.25) is 4.79 Å². The number of hydrogen-bond donors (Lipinski definition) is 2. The van der Waals surface area contributed by atoms with Crippen LogP contribution in [-0.4, -0.2) is 67.7 Å². The van der Waals surface area contributed by atoms with Crippen LogP contribution in [0.2, 0.25) is 0 Å². The van der Waals surface area contributed by atoms with E-state index >= 15 is 0 Å². The number of hydrogen-bond acceptors (Lipinski definition) is 7. The number of carbonyl (C=O) groups is 1. The number of nitrogens with one attached hydrogen (secondary N) is 2. The molecule has 0 atom stereocenters. The van der Waals surface area contributed by atoms with E-state index in [4.69, 9.17) is 4.74 Å². The Kier molecular flexibility index (Phi) is 8.38. The van der Waals surface area contributed by atoms with Gasteiger partial charge in [0.05, 0.1) is 7.11 Å². The first-order valence-electron chi connectivity index (χ1n) is 12.6. The van der Waals surface area contributed by atoms with E-state index in [9.17, 15) is 4.79 Å². The number of rotatable bonds is 9. The van der Waals surface area contributed by atoms with Gasteiger partial charge < -0.3 is 25.2 Å². The normalized spacial score (nSPS) is 13.9. The average Bonchev–Trinajstić information content (AvgIpc) is 2.93. The number of anilines is 3. The maximum Gasteiger partial charge on any atom is 0.251 e. The van der Waals surface area contributed by atoms with Crippen LogP contribution in [0, 0.1) is 6.92 Å². The van der Waals surface area contributed by atoms with Gasteiger partial charge in [-0.05, 0) is 79.4 Å². The van der Waals surface area contributed by atoms with Gasteiger partial charge in [0, 0.05) is 62.6 Å². The number of amides is 1. The number of benzene rings is 2. The number of piperazine rings is 1. The highest BCUT2D eigenvalue weighted by Crippen LogP contribution is 2.25. The van der Waals surface area contributed by atoms with Gasteiger partial charge in [-0.1, -0.05) is 6.92 Å². The van der Waals surface area contributed by atoms with E-state index in [0.29, 0.717) is 11.5 Å². The summed E-state index contributed by atoms with van der Waals surface area (Å²) in [5, 5.41) is 5.97. The summed E-state index contributed by atoms with van der Waals surface area (Å²) in [6.07, 6.45) is 5.23. The fourth-order valence-electron chi connectivity index (χ4n) is 4.53. The fourth-order valence-corrected chi connectivity index (χ4v) is 4.53. The van der Waals surface area contributed by atoms with Gasteiger partial charge >= 0.3 is 0 Å². The monoisotopic (exact) mass is 488 g/mol. The van der Waals surface area contributed by atoms with Gasteiger partial charge in [0.2, 0.25) is 5.95 Å². The lowest BCUT2D eigenvalue weighted by molar-refractivity contribution is 0.0962. The van der Waals surface area contributed by atoms with Crippen molar-refractivity contribution in [3.8, 4) is 5.75 Å². The molecule has 1 amide bonds. The van der Waals surface area contributed by atoms with Crippen molar-refractivity contribution in [2.75, 3.05) is 57.1 Å². The number of aryl methyl sites for hydroxylation is 2. The number of nitrogens with zero attached hydrogens (tertiary/aromatic N) is 4. The summed E-state index contributed by atoms with van der Waals surface area (Å²) in [5.74, 6) is 1.17. The highest BCUT2D eigenvalue weighted by molar-refractivity contribution is 5.94. The van der Waals surface area contributed by atoms with Gasteiger partial charge in [-0.25, -0.2) is 9.97 Å². The van der Waals surface area contributed by atoms with Gasteiger partial charge in [0.15, 0.2) is 0 Å². The van der Waals surface area contributed by atoms with Crippen LogP contribution in [0.5, 0.6) is 5.75 Å². The van der Waals surface area contributed by atoms with Crippen molar-refractivity contribution < 1.29 is 9.53 Å². The van der Waals surface area contributed by atoms with Crippen LogP contribution in [-0.2, 0) is 12.8 Å². The minimum Gasteiger partial charge on any atom is -0.496 e. The zero-order valence-electron chi connectivity index (χ0n) is 21.7. The SMILES string of the molecule is CCN1CCN(c2ccc(Nc3ncc(CCc4cc(C(=O)NC)cc(OC)c4C)cn3)cc2)CC1. The Bertz CT molecular complexity index is 1160. The van der Waals surface area contributed by atoms with Crippen LogP contribution in [0.1, 0.15) is 34.0 Å². The predicted octanol–water partition coefficient (Wildman–Crippen LogP) is 3.82. The van der Waals surface area contributed by atoms with Crippen LogP contribution in [0.4, 0.5) is 17.3 Å². The summed E-state index contributed by atoms with van der Waals surface area (Å²) in [6, 6.07) is 12.2. The molecule has 1 fully saturated rings. The zero-order chi connectivity index (χ0) is 25.5. The quantitative estimate of drug-likeness (QED) is 0.474. The molecule has 0 saturated carbocycles. The van der Waals surface area contributed by atoms with Gasteiger partial charge in [0.25, 0.3) is 5.91 Å². The summed E-state index contributed by atoms with van der Waals surface area (Å²) in [4.78, 5) is 26.1. The Labute approximate surface area is 213 Å². The predicted molar refractivity (Wildman–Crippen MR) is 145 cm³/mol. The molecule has 190 valence electrons. The molecule has 0 unspecified atom stereocenters. The summed E-state index contributed by atoms with van der Waals surface area (Å²) < 4.78 is 5.48. The minimum atomic E-state index is -0.125. The second-order valence-corrected chi connectivity index (χ2v) is 9.05. The molecule has 0 aliphatic carbocycles. The molecule has 1 aliphatic heterocycles. The van der Waals surface area contributed by atoms with Crippen molar-refractivity contribution in [3.05, 3.63) is 71.0 Å². The smallest absolute Gasteiger partial charge is 0.251 e. The summed E-state index contributed by atoms with van der Waals surface area (Å²) in [6.45, 7) is 9.71. The molecule has 8 heteroatoms. The molecule has 8 nitrogen and oxygen atoms in total. The fraction of sp³-hybridized carbons (Fsp3) is 0.393. The minimum absolute atomic E-state index is 0.125. The van der Waals surface area contributed by atoms with Crippen LogP contribution < -0.4 is 20.3 Å². The highest BCUT2D eigenvalue weighted by atomic mass is 16.5. The van der Waals surface area contributed by atoms with E-state index in [2.05, 4.69) is 61.6 Å². The molecule has 1 aliphatic rings. The maximum absolute atomic E-state index is 12.1. The molecule has 4 rings (SSSR count). The first-order chi connectivity index (χ1) is 17.5. The van der Waals surface area contributed by atoms with Crippen molar-refractivity contribution in [3.63, 3.8) is 0 Å². The zero-order valence-corrected chi connectivity index (χ0v) is 21.7. The lowest BCUT2D eigenvalue weighted by Gasteiger charge is -2.35. The van der Waals surface area contributed by atoms with Crippen molar-refractivity contribution in [2.24, 2.45) is 0 Å². The summed E-state index contributed by atoms with van der Waals surface area (Å²) >= 11 is 0. The molecule has 0 radical (unpaired) electrons. The molecule has 3 aromatic rings. The molecular formula is C28H36N6O2. The van der Waals surface area contributed by atoms with E-state index in [-0.39, 0.29) is 5.91 Å². The van der Waals surface area contributed by atoms with E-state index in [0.717, 1.165) is 73.7 Å². The Balaban J connectivity index is 1.35. The third-order valence-corrected chi connectivity index (χ3v) is 6.87. The maximum atomic E-state index is 12.1. The van der Waals surface area contributed by atoms with Crippen LogP contribution in [0.3, 0.4) is 0 Å². The number of ether oxygens (including phenoxy) is 1. The number of carbonyl (C=O) groups excluding carboxylic acids is 1. The van der Waals surface area contributed by atoms with Crippen molar-refractivity contribution in [1.29, 1.82) is 0 Å². The van der Waals surface area contributed by atoms with E-state index in [1.54, 1.807) is 20.2 Å². The highest BCUT2D eigenvalue weighted by Gasteiger charge is 2.16. The standard InChI is InChI=1S/C28H36N6O2/c1-5-33-12-14-34(15-13-33)25-10-8-24(9-11-25)32-28-30-18-21(19-31-28)6-7-22-16-23(27(35)29-3)17-26(36-4)20(22)2/h8-11,16-19H,5-7,12-15H2,1-4H3,(H,29,35)(H,30,31,32). The molecule has 0 bridgehead atoms. The average molecular weight is 489 g/mol. The Morgan fingerprint density at radius 2 is 1.72 bits per heavy atom. The molecule has 1 aromatic heterocycles. The Morgan fingerprint density at radius 1 is 1.03 bits per heavy atom. The number of likely N-dealkylation sites (N-methyl/N-ethyl adjacent to an activating group) is 1. The van der Waals surface area contributed by atoms with Gasteiger partial charge in [0.1, 0.15) is 5.75 Å². The summed E-state index contributed by atoms with van der Waals surface area (Å²) in [7, 11) is 3.25. The van der Waals surface area contributed by atoms with Crippen molar-refractivity contribution in [2.45, 2.75) is 26.7 Å². The van der Waals surface area contributed by atoms with Crippen molar-refractivity contribution in [1.82, 2.24) is 20.2 Å². The van der Waals surface area contributed by atoms with E-state index < -0.39 is 0 Å². The van der Waals surface area contributed by atoms with Gasteiger partial charge in [-0.15, -0.1) is 0 Å². The second kappa shape index (κ2) is 11.9. The Hall–Kier alpha value is -3.65. The van der Waals surface area contributed by atoms with Gasteiger partial charge in [-0.2, -0.15) is 0 Å². The van der Waals surface area contributed by atoms with Crippen LogP contribution in [0.25, 0.3) is 0 Å². The molecule has 2 aromatic carbocycles. The number of aromatic nitrogens is 2. The van der Waals surface area contributed by atoms with Crippen molar-refractivity contribution >= 4 is 23.2 Å². The lowest BCUT2D eigenvalue weighted by atomic mass is 9.98. The molecule has 36 heavy (non-hydrogen) atoms. The van der Waals surface area contributed by atoms with E-state index in [1.807, 2.05) is 25.4 Å². The summed E-state index contributed by atoms with van der Waals surface area (Å²) in [5.41, 5.74) is 5.96. The number of methoxy groups -OCH3 is 1. The third-order valence-electron chi connectivity index (χ3n) is 6.87. The first-order valence-corrected chi connectivity index (χ1v) is 12.6. The molecule has 2 heterocycles. The van der Waals surface area contributed by atoms with Crippen LogP contribution >= 0.6 is 0 Å². The molecule has 2 N–H and O–H groups in total.